The van der Waals surface area contributed by atoms with Crippen LogP contribution >= 0.6 is 22.9 Å². The van der Waals surface area contributed by atoms with Gasteiger partial charge in [0.15, 0.2) is 5.13 Å². The highest BCUT2D eigenvalue weighted by atomic mass is 35.5. The van der Waals surface area contributed by atoms with Gasteiger partial charge in [0.2, 0.25) is 5.78 Å². The van der Waals surface area contributed by atoms with Crippen molar-refractivity contribution in [3.05, 3.63) is 63.7 Å². The third-order valence-electron chi connectivity index (χ3n) is 3.38. The Balaban J connectivity index is 1.83. The number of nitrogens with two attached hydrogens (primary N) is 1. The summed E-state index contributed by atoms with van der Waals surface area (Å²) in [4.78, 5) is 17.0. The van der Waals surface area contributed by atoms with Crippen molar-refractivity contribution in [2.75, 3.05) is 18.2 Å². The number of nitrogens with one attached hydrogen (secondary N) is 1. The molecule has 3 rings (SSSR count). The number of nitrogens with zero attached hydrogens (tertiary/aromatic N) is 1. The van der Waals surface area contributed by atoms with E-state index in [1.807, 2.05) is 0 Å². The van der Waals surface area contributed by atoms with Crippen LogP contribution in [0.3, 0.4) is 0 Å². The molecule has 2 aromatic carbocycles. The molecule has 0 aliphatic heterocycles. The van der Waals surface area contributed by atoms with E-state index < -0.39 is 5.82 Å². The van der Waals surface area contributed by atoms with E-state index in [0.717, 1.165) is 11.3 Å². The lowest BCUT2D eigenvalue weighted by Gasteiger charge is -2.03. The van der Waals surface area contributed by atoms with E-state index in [1.54, 1.807) is 37.4 Å². The molecule has 1 aromatic heterocycles. The minimum atomic E-state index is -0.550. The molecule has 3 N–H and O–H groups in total. The molecular formula is C17H13ClFN3O2S. The summed E-state index contributed by atoms with van der Waals surface area (Å²) in [7, 11) is 1.55. The molecule has 0 radical (unpaired) electrons. The number of benzene rings is 2. The molecule has 128 valence electrons. The molecule has 0 atom stereocenters. The highest BCUT2D eigenvalue weighted by Crippen LogP contribution is 2.30. The first-order valence-corrected chi connectivity index (χ1v) is 8.34. The van der Waals surface area contributed by atoms with E-state index in [2.05, 4.69) is 10.3 Å². The molecule has 0 aliphatic carbocycles. The number of ketones is 1. The number of ether oxygens (including phenoxy) is 1. The minimum absolute atomic E-state index is 0.0274. The fourth-order valence-corrected chi connectivity index (χ4v) is 3.10. The molecule has 0 aliphatic rings. The lowest BCUT2D eigenvalue weighted by molar-refractivity contribution is 0.104. The lowest BCUT2D eigenvalue weighted by atomic mass is 10.1. The number of carbonyl (C=O) groups excluding carboxylic acids is 1. The second-order valence-corrected chi connectivity index (χ2v) is 6.45. The number of nitrogen functional groups attached to an aromatic ring is 1. The Hall–Kier alpha value is -2.64. The number of carbonyl (C=O) groups is 1. The summed E-state index contributed by atoms with van der Waals surface area (Å²) in [6, 6.07) is 11.0. The van der Waals surface area contributed by atoms with Gasteiger partial charge in [0.05, 0.1) is 12.1 Å². The fraction of sp³-hybridized carbons (Fsp3) is 0.0588. The van der Waals surface area contributed by atoms with Gasteiger partial charge in [0.1, 0.15) is 22.3 Å². The second-order valence-electron chi connectivity index (χ2n) is 5.04. The lowest BCUT2D eigenvalue weighted by Crippen LogP contribution is -2.02. The number of rotatable bonds is 5. The molecule has 0 amide bonds. The first-order chi connectivity index (χ1) is 12.0. The van der Waals surface area contributed by atoms with Crippen molar-refractivity contribution in [2.24, 2.45) is 0 Å². The Kier molecular flexibility index (Phi) is 4.87. The first-order valence-electron chi connectivity index (χ1n) is 7.15. The van der Waals surface area contributed by atoms with Gasteiger partial charge in [-0.25, -0.2) is 9.37 Å². The standard InChI is InChI=1S/C17H13ClFN3O2S/c1-24-11-5-2-9(3-6-11)14(23)15-16(20)22-17(25-15)21-10-4-7-12(18)13(19)8-10/h2-8H,20H2,1H3,(H,21,22). The van der Waals surface area contributed by atoms with Crippen molar-refractivity contribution >= 4 is 45.4 Å². The Morgan fingerprint density at radius 1 is 1.28 bits per heavy atom. The molecule has 8 heteroatoms. The zero-order valence-corrected chi connectivity index (χ0v) is 14.6. The van der Waals surface area contributed by atoms with Crippen molar-refractivity contribution < 1.29 is 13.9 Å². The number of thiazole rings is 1. The average Bonchev–Trinajstić information content (AvgIpc) is 2.98. The monoisotopic (exact) mass is 377 g/mol. The quantitative estimate of drug-likeness (QED) is 0.640. The van der Waals surface area contributed by atoms with Crippen LogP contribution in [0.2, 0.25) is 5.02 Å². The smallest absolute Gasteiger partial charge is 0.206 e. The largest absolute Gasteiger partial charge is 0.497 e. The summed E-state index contributed by atoms with van der Waals surface area (Å²) < 4.78 is 18.6. The Morgan fingerprint density at radius 2 is 2.00 bits per heavy atom. The molecule has 3 aromatic rings. The highest BCUT2D eigenvalue weighted by Gasteiger charge is 2.18. The summed E-state index contributed by atoms with van der Waals surface area (Å²) in [5, 5.41) is 3.33. The van der Waals surface area contributed by atoms with Crippen molar-refractivity contribution in [2.45, 2.75) is 0 Å². The van der Waals surface area contributed by atoms with Crippen LogP contribution in [0.1, 0.15) is 15.2 Å². The second kappa shape index (κ2) is 7.08. The Labute approximate surface area is 152 Å². The van der Waals surface area contributed by atoms with Crippen molar-refractivity contribution in [3.63, 3.8) is 0 Å². The van der Waals surface area contributed by atoms with Crippen LogP contribution in [0.15, 0.2) is 42.5 Å². The van der Waals surface area contributed by atoms with E-state index >= 15 is 0 Å². The van der Waals surface area contributed by atoms with Crippen molar-refractivity contribution in [1.29, 1.82) is 0 Å². The number of halogens is 2. The number of methoxy groups -OCH3 is 1. The average molecular weight is 378 g/mol. The van der Waals surface area contributed by atoms with Crippen molar-refractivity contribution in [1.82, 2.24) is 4.98 Å². The predicted octanol–water partition coefficient (Wildman–Crippen LogP) is 4.50. The number of anilines is 3. The third kappa shape index (κ3) is 3.72. The minimum Gasteiger partial charge on any atom is -0.497 e. The molecule has 25 heavy (non-hydrogen) atoms. The molecule has 5 nitrogen and oxygen atoms in total. The van der Waals surface area contributed by atoms with E-state index in [4.69, 9.17) is 22.1 Å². The van der Waals surface area contributed by atoms with Crippen LogP contribution in [-0.2, 0) is 0 Å². The number of hydrogen-bond acceptors (Lipinski definition) is 6. The summed E-state index contributed by atoms with van der Waals surface area (Å²) in [5.74, 6) is -0.0255. The number of hydrogen-bond donors (Lipinski definition) is 2. The van der Waals surface area contributed by atoms with Crippen LogP contribution in [0.25, 0.3) is 0 Å². The van der Waals surface area contributed by atoms with Crippen LogP contribution in [0.5, 0.6) is 5.75 Å². The van der Waals surface area contributed by atoms with Crippen LogP contribution in [-0.4, -0.2) is 17.9 Å². The van der Waals surface area contributed by atoms with Crippen LogP contribution in [0, 0.1) is 5.82 Å². The van der Waals surface area contributed by atoms with E-state index in [1.165, 1.54) is 12.1 Å². The van der Waals surface area contributed by atoms with Gasteiger partial charge in [0, 0.05) is 11.3 Å². The summed E-state index contributed by atoms with van der Waals surface area (Å²) in [6.45, 7) is 0. The summed E-state index contributed by atoms with van der Waals surface area (Å²) in [5.41, 5.74) is 6.79. The molecule has 0 fully saturated rings. The molecule has 0 saturated heterocycles. The maximum atomic E-state index is 13.5. The topological polar surface area (TPSA) is 77.2 Å². The van der Waals surface area contributed by atoms with Gasteiger partial charge in [0.25, 0.3) is 0 Å². The van der Waals surface area contributed by atoms with E-state index in [0.29, 0.717) is 27.0 Å². The zero-order chi connectivity index (χ0) is 18.0. The molecule has 0 unspecified atom stereocenters. The van der Waals surface area contributed by atoms with Crippen molar-refractivity contribution in [3.8, 4) is 5.75 Å². The van der Waals surface area contributed by atoms with Gasteiger partial charge < -0.3 is 15.8 Å². The molecule has 0 saturated carbocycles. The van der Waals surface area contributed by atoms with Gasteiger partial charge in [-0.1, -0.05) is 22.9 Å². The van der Waals surface area contributed by atoms with E-state index in [-0.39, 0.29) is 16.6 Å². The van der Waals surface area contributed by atoms with Crippen LogP contribution in [0.4, 0.5) is 21.0 Å². The van der Waals surface area contributed by atoms with Gasteiger partial charge in [-0.05, 0) is 42.5 Å². The molecular weight excluding hydrogens is 365 g/mol. The van der Waals surface area contributed by atoms with Gasteiger partial charge in [-0.15, -0.1) is 0 Å². The van der Waals surface area contributed by atoms with Gasteiger partial charge in [-0.3, -0.25) is 4.79 Å². The SMILES string of the molecule is COc1ccc(C(=O)c2sc(Nc3ccc(Cl)c(F)c3)nc2N)cc1. The number of aromatic nitrogens is 1. The zero-order valence-electron chi connectivity index (χ0n) is 13.0. The molecule has 0 bridgehead atoms. The molecule has 1 heterocycles. The highest BCUT2D eigenvalue weighted by molar-refractivity contribution is 7.18. The molecule has 0 spiro atoms. The van der Waals surface area contributed by atoms with Gasteiger partial charge >= 0.3 is 0 Å². The summed E-state index contributed by atoms with van der Waals surface area (Å²) >= 11 is 6.75. The maximum Gasteiger partial charge on any atom is 0.206 e. The Bertz CT molecular complexity index is 928. The first kappa shape index (κ1) is 17.2. The predicted molar refractivity (Wildman–Crippen MR) is 97.6 cm³/mol. The fourth-order valence-electron chi connectivity index (χ4n) is 2.12. The Morgan fingerprint density at radius 3 is 2.64 bits per heavy atom. The summed E-state index contributed by atoms with van der Waals surface area (Å²) in [6.07, 6.45) is 0. The normalized spacial score (nSPS) is 10.5. The maximum absolute atomic E-state index is 13.5. The van der Waals surface area contributed by atoms with Gasteiger partial charge in [-0.2, -0.15) is 0 Å². The third-order valence-corrected chi connectivity index (χ3v) is 4.67. The van der Waals surface area contributed by atoms with Crippen LogP contribution < -0.4 is 15.8 Å². The van der Waals surface area contributed by atoms with E-state index in [9.17, 15) is 9.18 Å².